The van der Waals surface area contributed by atoms with Crippen molar-refractivity contribution in [2.45, 2.75) is 58.7 Å². The average molecular weight is 613 g/mol. The Bertz CT molecular complexity index is 1620. The molecule has 1 aliphatic heterocycles. The van der Waals surface area contributed by atoms with Gasteiger partial charge in [-0.2, -0.15) is 0 Å². The molecule has 1 aliphatic rings. The van der Waals surface area contributed by atoms with Crippen molar-refractivity contribution in [2.24, 2.45) is 5.92 Å². The maximum atomic E-state index is 13.4. The number of methoxy groups -OCH3 is 1. The third kappa shape index (κ3) is 7.34. The van der Waals surface area contributed by atoms with Gasteiger partial charge in [-0.1, -0.05) is 62.4 Å². The van der Waals surface area contributed by atoms with Crippen molar-refractivity contribution in [3.8, 4) is 33.6 Å². The Morgan fingerprint density at radius 1 is 0.844 bits per heavy atom. The SMILES string of the molecule is COC(=O)N[C@H](C(=O)N1CCC[C@H]1c1nc(-c2ccc(-c3ccc(-c4c[nH]c(NC(=O)NC(C)C)n4)cc3)cc2)c[nH]1)C(C)C. The predicted molar refractivity (Wildman–Crippen MR) is 172 cm³/mol. The number of H-pyrrole nitrogens is 2. The first-order valence-electron chi connectivity index (χ1n) is 15.2. The standard InChI is InChI=1S/C33H40N8O4/c1-19(2)28(39-33(44)45-5)30(42)41-16-6-7-27(41)29-34-17-25(37-29)23-12-8-21(9-13-23)22-10-14-24(15-11-22)26-18-35-31(38-26)40-32(43)36-20(3)4/h8-15,17-20,27-28H,6-7,16H2,1-5H3,(H,34,37)(H,39,44)(H3,35,36,38,40,43)/t27-,28-/m0/s1. The van der Waals surface area contributed by atoms with E-state index < -0.39 is 12.1 Å². The summed E-state index contributed by atoms with van der Waals surface area (Å²) in [6.07, 6.45) is 4.66. The van der Waals surface area contributed by atoms with Gasteiger partial charge in [0.1, 0.15) is 11.9 Å². The number of carbonyl (C=O) groups is 3. The van der Waals surface area contributed by atoms with E-state index in [1.807, 2.05) is 70.3 Å². The maximum absolute atomic E-state index is 13.4. The van der Waals surface area contributed by atoms with Gasteiger partial charge in [0.05, 0.1) is 24.5 Å². The number of nitrogens with zero attached hydrogens (tertiary/aromatic N) is 3. The van der Waals surface area contributed by atoms with Gasteiger partial charge >= 0.3 is 12.1 Å². The lowest BCUT2D eigenvalue weighted by molar-refractivity contribution is -0.135. The van der Waals surface area contributed by atoms with Crippen molar-refractivity contribution in [1.82, 2.24) is 35.5 Å². The molecule has 5 N–H and O–H groups in total. The van der Waals surface area contributed by atoms with E-state index in [9.17, 15) is 14.4 Å². The fourth-order valence-electron chi connectivity index (χ4n) is 5.45. The van der Waals surface area contributed by atoms with E-state index in [1.165, 1.54) is 7.11 Å². The Morgan fingerprint density at radius 3 is 2.00 bits per heavy atom. The zero-order valence-corrected chi connectivity index (χ0v) is 26.2. The maximum Gasteiger partial charge on any atom is 0.407 e. The molecule has 0 bridgehead atoms. The second-order valence-corrected chi connectivity index (χ2v) is 11.8. The van der Waals surface area contributed by atoms with Crippen LogP contribution in [0.5, 0.6) is 0 Å². The van der Waals surface area contributed by atoms with Gasteiger partial charge in [0.2, 0.25) is 11.9 Å². The number of aromatic nitrogens is 4. The Balaban J connectivity index is 1.24. The van der Waals surface area contributed by atoms with Crippen molar-refractivity contribution >= 4 is 24.0 Å². The van der Waals surface area contributed by atoms with Crippen LogP contribution in [0.25, 0.3) is 33.6 Å². The summed E-state index contributed by atoms with van der Waals surface area (Å²) in [6, 6.07) is 15.1. The molecule has 0 aliphatic carbocycles. The molecule has 236 valence electrons. The zero-order valence-electron chi connectivity index (χ0n) is 26.2. The topological polar surface area (TPSA) is 157 Å². The highest BCUT2D eigenvalue weighted by Gasteiger charge is 2.37. The van der Waals surface area contributed by atoms with E-state index in [0.717, 1.165) is 52.3 Å². The monoisotopic (exact) mass is 612 g/mol. The first-order chi connectivity index (χ1) is 21.6. The molecule has 4 amide bonds. The number of hydrogen-bond acceptors (Lipinski definition) is 6. The Kier molecular flexibility index (Phi) is 9.50. The second kappa shape index (κ2) is 13.7. The summed E-state index contributed by atoms with van der Waals surface area (Å²) in [5, 5.41) is 8.15. The number of anilines is 1. The number of nitrogens with one attached hydrogen (secondary N) is 5. The lowest BCUT2D eigenvalue weighted by Crippen LogP contribution is -2.51. The molecule has 2 aromatic heterocycles. The lowest BCUT2D eigenvalue weighted by Gasteiger charge is -2.29. The van der Waals surface area contributed by atoms with E-state index >= 15 is 0 Å². The van der Waals surface area contributed by atoms with Crippen molar-refractivity contribution < 1.29 is 19.1 Å². The van der Waals surface area contributed by atoms with E-state index in [-0.39, 0.29) is 29.9 Å². The number of likely N-dealkylation sites (tertiary alicyclic amines) is 1. The number of alkyl carbamates (subject to hydrolysis) is 1. The molecule has 2 atom stereocenters. The van der Waals surface area contributed by atoms with E-state index in [2.05, 4.69) is 43.0 Å². The minimum Gasteiger partial charge on any atom is -0.453 e. The molecule has 0 radical (unpaired) electrons. The Labute approximate surface area is 262 Å². The molecule has 1 fully saturated rings. The van der Waals surface area contributed by atoms with Crippen LogP contribution >= 0.6 is 0 Å². The van der Waals surface area contributed by atoms with Crippen molar-refractivity contribution in [1.29, 1.82) is 0 Å². The van der Waals surface area contributed by atoms with Gasteiger partial charge in [-0.05, 0) is 43.7 Å². The van der Waals surface area contributed by atoms with Gasteiger partial charge in [-0.25, -0.2) is 19.6 Å². The van der Waals surface area contributed by atoms with Gasteiger partial charge in [0.15, 0.2) is 0 Å². The number of hydrogen-bond donors (Lipinski definition) is 5. The largest absolute Gasteiger partial charge is 0.453 e. The third-order valence-corrected chi connectivity index (χ3v) is 7.76. The molecule has 5 rings (SSSR count). The molecule has 0 unspecified atom stereocenters. The van der Waals surface area contributed by atoms with Crippen LogP contribution in [-0.2, 0) is 9.53 Å². The Hall–Kier alpha value is -5.13. The van der Waals surface area contributed by atoms with E-state index in [1.54, 1.807) is 11.1 Å². The smallest absolute Gasteiger partial charge is 0.407 e. The molecule has 1 saturated heterocycles. The summed E-state index contributed by atoms with van der Waals surface area (Å²) in [5.74, 6) is 0.884. The molecule has 45 heavy (non-hydrogen) atoms. The Morgan fingerprint density at radius 2 is 1.42 bits per heavy atom. The lowest BCUT2D eigenvalue weighted by atomic mass is 10.0. The quantitative estimate of drug-likeness (QED) is 0.163. The molecular weight excluding hydrogens is 572 g/mol. The summed E-state index contributed by atoms with van der Waals surface area (Å²) >= 11 is 0. The van der Waals surface area contributed by atoms with Gasteiger partial charge < -0.3 is 30.2 Å². The number of carbonyl (C=O) groups excluding carboxylic acids is 3. The minimum atomic E-state index is -0.675. The van der Waals surface area contributed by atoms with Crippen LogP contribution in [0.2, 0.25) is 0 Å². The van der Waals surface area contributed by atoms with Crippen LogP contribution < -0.4 is 16.0 Å². The number of urea groups is 1. The first kappa shape index (κ1) is 31.3. The summed E-state index contributed by atoms with van der Waals surface area (Å²) in [4.78, 5) is 54.7. The molecular formula is C33H40N8O4. The van der Waals surface area contributed by atoms with Crippen LogP contribution in [0.4, 0.5) is 15.5 Å². The highest BCUT2D eigenvalue weighted by Crippen LogP contribution is 2.33. The van der Waals surface area contributed by atoms with Crippen molar-refractivity contribution in [3.63, 3.8) is 0 Å². The molecule has 4 aromatic rings. The molecule has 0 spiro atoms. The van der Waals surface area contributed by atoms with Gasteiger partial charge in [0.25, 0.3) is 0 Å². The molecule has 0 saturated carbocycles. The van der Waals surface area contributed by atoms with Gasteiger partial charge in [-0.15, -0.1) is 0 Å². The van der Waals surface area contributed by atoms with Gasteiger partial charge in [0, 0.05) is 36.1 Å². The van der Waals surface area contributed by atoms with Crippen LogP contribution in [0.3, 0.4) is 0 Å². The zero-order chi connectivity index (χ0) is 32.1. The van der Waals surface area contributed by atoms with E-state index in [0.29, 0.717) is 12.5 Å². The number of amides is 4. The minimum absolute atomic E-state index is 0.0276. The summed E-state index contributed by atoms with van der Waals surface area (Å²) < 4.78 is 4.73. The van der Waals surface area contributed by atoms with E-state index in [4.69, 9.17) is 9.72 Å². The van der Waals surface area contributed by atoms with Crippen molar-refractivity contribution in [3.05, 3.63) is 66.7 Å². The normalized spacial score (nSPS) is 15.3. The number of benzene rings is 2. The molecule has 12 nitrogen and oxygen atoms in total. The first-order valence-corrected chi connectivity index (χ1v) is 15.2. The fraction of sp³-hybridized carbons (Fsp3) is 0.364. The predicted octanol–water partition coefficient (Wildman–Crippen LogP) is 5.71. The van der Waals surface area contributed by atoms with Crippen molar-refractivity contribution in [2.75, 3.05) is 19.0 Å². The van der Waals surface area contributed by atoms with Crippen LogP contribution in [0, 0.1) is 5.92 Å². The number of rotatable bonds is 9. The third-order valence-electron chi connectivity index (χ3n) is 7.76. The highest BCUT2D eigenvalue weighted by atomic mass is 16.5. The molecule has 3 heterocycles. The number of imidazole rings is 2. The summed E-state index contributed by atoms with van der Waals surface area (Å²) in [6.45, 7) is 8.19. The summed E-state index contributed by atoms with van der Waals surface area (Å²) in [5.41, 5.74) is 5.52. The molecule has 2 aromatic carbocycles. The second-order valence-electron chi connectivity index (χ2n) is 11.8. The van der Waals surface area contributed by atoms with Gasteiger partial charge in [-0.3, -0.25) is 10.1 Å². The number of aromatic amines is 2. The molecule has 12 heteroatoms. The van der Waals surface area contributed by atoms with Crippen LogP contribution in [-0.4, -0.2) is 68.6 Å². The van der Waals surface area contributed by atoms with Crippen LogP contribution in [0.1, 0.15) is 52.4 Å². The fourth-order valence-corrected chi connectivity index (χ4v) is 5.45. The average Bonchev–Trinajstić information content (AvgIpc) is 3.80. The highest BCUT2D eigenvalue weighted by molar-refractivity contribution is 5.88. The van der Waals surface area contributed by atoms with Crippen LogP contribution in [0.15, 0.2) is 60.9 Å². The summed E-state index contributed by atoms with van der Waals surface area (Å²) in [7, 11) is 1.29. The number of ether oxygens (including phenoxy) is 1.